The van der Waals surface area contributed by atoms with Gasteiger partial charge in [0.15, 0.2) is 11.5 Å². The molecule has 92 valence electrons. The van der Waals surface area contributed by atoms with E-state index in [0.29, 0.717) is 17.9 Å². The molecular weight excluding hydrogens is 230 g/mol. The van der Waals surface area contributed by atoms with Gasteiger partial charge in [-0.05, 0) is 18.1 Å². The van der Waals surface area contributed by atoms with Crippen LogP contribution in [-0.2, 0) is 6.42 Å². The van der Waals surface area contributed by atoms with E-state index in [0.717, 1.165) is 5.56 Å². The lowest BCUT2D eigenvalue weighted by Crippen LogP contribution is -2.27. The van der Waals surface area contributed by atoms with E-state index >= 15 is 0 Å². The molecule has 0 bridgehead atoms. The topological polar surface area (TPSA) is 64.7 Å². The minimum atomic E-state index is -0.272. The third-order valence-corrected chi connectivity index (χ3v) is 2.20. The van der Waals surface area contributed by atoms with Crippen LogP contribution in [0.2, 0.25) is 0 Å². The number of benzene rings is 1. The molecule has 1 aromatic carbocycles. The van der Waals surface area contributed by atoms with E-state index in [2.05, 4.69) is 0 Å². The number of rotatable bonds is 5. The summed E-state index contributed by atoms with van der Waals surface area (Å²) >= 11 is 0. The fourth-order valence-corrected chi connectivity index (χ4v) is 1.46. The van der Waals surface area contributed by atoms with Crippen LogP contribution >= 0.6 is 12.4 Å². The average molecular weight is 248 g/mol. The van der Waals surface area contributed by atoms with Crippen LogP contribution in [0, 0.1) is 0 Å². The van der Waals surface area contributed by atoms with Gasteiger partial charge >= 0.3 is 0 Å². The van der Waals surface area contributed by atoms with Crippen molar-refractivity contribution < 1.29 is 14.6 Å². The van der Waals surface area contributed by atoms with Gasteiger partial charge < -0.3 is 20.3 Å². The number of nitrogens with two attached hydrogens (primary N) is 1. The first-order chi connectivity index (χ1) is 7.22. The lowest BCUT2D eigenvalue weighted by molar-refractivity contribution is 0.264. The summed E-state index contributed by atoms with van der Waals surface area (Å²) in [6, 6.07) is 5.34. The molecule has 1 rings (SSSR count). The Balaban J connectivity index is 0.00000225. The Kier molecular flexibility index (Phi) is 6.88. The van der Waals surface area contributed by atoms with Crippen molar-refractivity contribution in [1.29, 1.82) is 0 Å². The van der Waals surface area contributed by atoms with Crippen LogP contribution in [0.1, 0.15) is 5.56 Å². The summed E-state index contributed by atoms with van der Waals surface area (Å²) in [6.07, 6.45) is 0.566. The highest BCUT2D eigenvalue weighted by Crippen LogP contribution is 2.31. The summed E-state index contributed by atoms with van der Waals surface area (Å²) < 4.78 is 10.4. The van der Waals surface area contributed by atoms with E-state index in [1.807, 2.05) is 18.2 Å². The van der Waals surface area contributed by atoms with E-state index in [4.69, 9.17) is 20.3 Å². The number of aliphatic hydroxyl groups excluding tert-OH is 1. The Morgan fingerprint density at radius 3 is 2.50 bits per heavy atom. The summed E-state index contributed by atoms with van der Waals surface area (Å²) in [5.74, 6) is 1.36. The first-order valence-electron chi connectivity index (χ1n) is 4.79. The first kappa shape index (κ1) is 15.0. The standard InChI is InChI=1S/C11H17NO3.ClH/c1-14-10-5-3-4-8(11(10)15-2)6-9(12)7-13;/h3-5,9,13H,6-7,12H2,1-2H3;1H. The molecule has 4 nitrogen and oxygen atoms in total. The molecule has 16 heavy (non-hydrogen) atoms. The molecule has 3 N–H and O–H groups in total. The van der Waals surface area contributed by atoms with Crippen molar-refractivity contribution in [3.05, 3.63) is 23.8 Å². The van der Waals surface area contributed by atoms with Crippen LogP contribution in [0.3, 0.4) is 0 Å². The maximum absolute atomic E-state index is 8.89. The molecular formula is C11H18ClNO3. The Morgan fingerprint density at radius 1 is 1.31 bits per heavy atom. The van der Waals surface area contributed by atoms with Gasteiger partial charge in [-0.15, -0.1) is 12.4 Å². The monoisotopic (exact) mass is 247 g/mol. The molecule has 1 atom stereocenters. The minimum absolute atomic E-state index is 0. The molecule has 0 amide bonds. The molecule has 0 saturated heterocycles. The number of para-hydroxylation sites is 1. The van der Waals surface area contributed by atoms with Gasteiger partial charge in [-0.2, -0.15) is 0 Å². The maximum atomic E-state index is 8.89. The lowest BCUT2D eigenvalue weighted by atomic mass is 10.1. The second kappa shape index (κ2) is 7.33. The zero-order valence-corrected chi connectivity index (χ0v) is 10.3. The van der Waals surface area contributed by atoms with Crippen LogP contribution in [0.4, 0.5) is 0 Å². The first-order valence-corrected chi connectivity index (χ1v) is 4.79. The fraction of sp³-hybridized carbons (Fsp3) is 0.455. The van der Waals surface area contributed by atoms with E-state index in [9.17, 15) is 0 Å². The largest absolute Gasteiger partial charge is 0.493 e. The van der Waals surface area contributed by atoms with Gasteiger partial charge in [0.25, 0.3) is 0 Å². The molecule has 0 saturated carbocycles. The Bertz CT molecular complexity index is 320. The summed E-state index contributed by atoms with van der Waals surface area (Å²) in [5.41, 5.74) is 6.62. The number of halogens is 1. The molecule has 0 radical (unpaired) electrons. The number of hydrogen-bond acceptors (Lipinski definition) is 4. The number of methoxy groups -OCH3 is 2. The molecule has 0 aromatic heterocycles. The van der Waals surface area contributed by atoms with Gasteiger partial charge in [0, 0.05) is 6.04 Å². The summed E-state index contributed by atoms with van der Waals surface area (Å²) in [5, 5.41) is 8.89. The number of aliphatic hydroxyl groups is 1. The predicted molar refractivity (Wildman–Crippen MR) is 65.6 cm³/mol. The van der Waals surface area contributed by atoms with E-state index in [-0.39, 0.29) is 25.1 Å². The minimum Gasteiger partial charge on any atom is -0.493 e. The zero-order chi connectivity index (χ0) is 11.3. The van der Waals surface area contributed by atoms with Crippen LogP contribution in [0.25, 0.3) is 0 Å². The van der Waals surface area contributed by atoms with Gasteiger partial charge in [-0.25, -0.2) is 0 Å². The van der Waals surface area contributed by atoms with Gasteiger partial charge in [0.2, 0.25) is 0 Å². The zero-order valence-electron chi connectivity index (χ0n) is 9.47. The van der Waals surface area contributed by atoms with Gasteiger partial charge in [0.05, 0.1) is 20.8 Å². The fourth-order valence-electron chi connectivity index (χ4n) is 1.46. The number of hydrogen-bond donors (Lipinski definition) is 2. The maximum Gasteiger partial charge on any atom is 0.163 e. The quantitative estimate of drug-likeness (QED) is 0.815. The Morgan fingerprint density at radius 2 is 2.00 bits per heavy atom. The Labute approximate surface area is 102 Å². The molecule has 0 aliphatic rings. The van der Waals surface area contributed by atoms with Crippen molar-refractivity contribution in [1.82, 2.24) is 0 Å². The third-order valence-electron chi connectivity index (χ3n) is 2.20. The van der Waals surface area contributed by atoms with Crippen molar-refractivity contribution in [3.63, 3.8) is 0 Å². The van der Waals surface area contributed by atoms with Crippen LogP contribution < -0.4 is 15.2 Å². The molecule has 0 fully saturated rings. The van der Waals surface area contributed by atoms with Gasteiger partial charge in [0.1, 0.15) is 0 Å². The molecule has 0 aliphatic heterocycles. The van der Waals surface area contributed by atoms with E-state index < -0.39 is 0 Å². The van der Waals surface area contributed by atoms with Crippen LogP contribution in [-0.4, -0.2) is 32.0 Å². The molecule has 0 spiro atoms. The summed E-state index contributed by atoms with van der Waals surface area (Å²) in [4.78, 5) is 0. The van der Waals surface area contributed by atoms with E-state index in [1.165, 1.54) is 0 Å². The van der Waals surface area contributed by atoms with E-state index in [1.54, 1.807) is 14.2 Å². The van der Waals surface area contributed by atoms with Crippen molar-refractivity contribution in [2.75, 3.05) is 20.8 Å². The molecule has 0 aliphatic carbocycles. The predicted octanol–water partition coefficient (Wildman–Crippen LogP) is 0.988. The van der Waals surface area contributed by atoms with Crippen LogP contribution in [0.15, 0.2) is 18.2 Å². The summed E-state index contributed by atoms with van der Waals surface area (Å²) in [6.45, 7) is -0.0413. The van der Waals surface area contributed by atoms with Crippen molar-refractivity contribution in [3.8, 4) is 11.5 Å². The number of ether oxygens (including phenoxy) is 2. The average Bonchev–Trinajstić information content (AvgIpc) is 2.28. The highest BCUT2D eigenvalue weighted by atomic mass is 35.5. The SMILES string of the molecule is COc1cccc(CC(N)CO)c1OC.Cl. The Hall–Kier alpha value is -0.970. The second-order valence-corrected chi connectivity index (χ2v) is 3.30. The van der Waals surface area contributed by atoms with Crippen molar-refractivity contribution in [2.24, 2.45) is 5.73 Å². The molecule has 0 heterocycles. The molecule has 5 heteroatoms. The van der Waals surface area contributed by atoms with Gasteiger partial charge in [-0.3, -0.25) is 0 Å². The van der Waals surface area contributed by atoms with Crippen LogP contribution in [0.5, 0.6) is 11.5 Å². The highest BCUT2D eigenvalue weighted by Gasteiger charge is 2.11. The lowest BCUT2D eigenvalue weighted by Gasteiger charge is -2.14. The smallest absolute Gasteiger partial charge is 0.163 e. The van der Waals surface area contributed by atoms with Crippen molar-refractivity contribution in [2.45, 2.75) is 12.5 Å². The molecule has 1 unspecified atom stereocenters. The second-order valence-electron chi connectivity index (χ2n) is 3.30. The molecule has 1 aromatic rings. The highest BCUT2D eigenvalue weighted by molar-refractivity contribution is 5.85. The van der Waals surface area contributed by atoms with Gasteiger partial charge in [-0.1, -0.05) is 12.1 Å². The summed E-state index contributed by atoms with van der Waals surface area (Å²) in [7, 11) is 3.18. The third kappa shape index (κ3) is 3.56. The van der Waals surface area contributed by atoms with Crippen molar-refractivity contribution >= 4 is 12.4 Å². The normalized spacial score (nSPS) is 11.5.